The predicted molar refractivity (Wildman–Crippen MR) is 60.2 cm³/mol. The molecule has 1 saturated carbocycles. The Balaban J connectivity index is 2.06. The van der Waals surface area contributed by atoms with Gasteiger partial charge in [-0.3, -0.25) is 0 Å². The summed E-state index contributed by atoms with van der Waals surface area (Å²) in [5.74, 6) is 0.00403. The fraction of sp³-hybridized carbons (Fsp3) is 0.400. The largest absolute Gasteiger partial charge is 0.216 e. The highest BCUT2D eigenvalue weighted by Gasteiger charge is 2.26. The number of hydrogen-bond donors (Lipinski definition) is 1. The van der Waals surface area contributed by atoms with E-state index >= 15 is 0 Å². The van der Waals surface area contributed by atoms with E-state index in [1.807, 2.05) is 0 Å². The summed E-state index contributed by atoms with van der Waals surface area (Å²) in [5.41, 5.74) is 0.718. The first-order valence-corrected chi connectivity index (χ1v) is 6.83. The van der Waals surface area contributed by atoms with Gasteiger partial charge in [0.1, 0.15) is 0 Å². The number of sulfonamides is 1. The van der Waals surface area contributed by atoms with Crippen molar-refractivity contribution in [3.05, 3.63) is 34.9 Å². The molecule has 0 unspecified atom stereocenters. The molecule has 2 rings (SSSR count). The standard InChI is InChI=1S/C10H12ClNO2S/c11-9-3-1-2-8(6-9)7-15(13,14)12-10-4-5-10/h1-3,6,10,12H,4-5,7H2. The number of benzene rings is 1. The summed E-state index contributed by atoms with van der Waals surface area (Å²) in [6, 6.07) is 7.08. The van der Waals surface area contributed by atoms with Crippen molar-refractivity contribution >= 4 is 21.6 Å². The Morgan fingerprint density at radius 2 is 2.13 bits per heavy atom. The first-order valence-electron chi connectivity index (χ1n) is 4.80. The molecule has 1 aliphatic carbocycles. The number of nitrogens with one attached hydrogen (secondary N) is 1. The maximum absolute atomic E-state index is 11.6. The van der Waals surface area contributed by atoms with Gasteiger partial charge in [-0.15, -0.1) is 0 Å². The highest BCUT2D eigenvalue weighted by atomic mass is 35.5. The molecule has 0 heterocycles. The van der Waals surface area contributed by atoms with Gasteiger partial charge in [0, 0.05) is 11.1 Å². The molecule has 1 aromatic carbocycles. The second-order valence-electron chi connectivity index (χ2n) is 3.78. The third-order valence-electron chi connectivity index (χ3n) is 2.17. The third kappa shape index (κ3) is 3.48. The summed E-state index contributed by atoms with van der Waals surface area (Å²) in [5, 5.41) is 0.564. The molecule has 0 atom stereocenters. The van der Waals surface area contributed by atoms with Crippen LogP contribution < -0.4 is 4.72 Å². The maximum Gasteiger partial charge on any atom is 0.216 e. The van der Waals surface area contributed by atoms with E-state index in [0.717, 1.165) is 18.4 Å². The van der Waals surface area contributed by atoms with Gasteiger partial charge in [0.2, 0.25) is 10.0 Å². The third-order valence-corrected chi connectivity index (χ3v) is 3.81. The minimum absolute atomic E-state index is 0.00403. The molecular weight excluding hydrogens is 234 g/mol. The van der Waals surface area contributed by atoms with Crippen LogP contribution in [0.4, 0.5) is 0 Å². The number of halogens is 1. The van der Waals surface area contributed by atoms with Crippen molar-refractivity contribution in [1.29, 1.82) is 0 Å². The van der Waals surface area contributed by atoms with Crippen LogP contribution in [0.3, 0.4) is 0 Å². The van der Waals surface area contributed by atoms with E-state index in [1.54, 1.807) is 24.3 Å². The molecule has 0 amide bonds. The lowest BCUT2D eigenvalue weighted by Gasteiger charge is -2.05. The highest BCUT2D eigenvalue weighted by Crippen LogP contribution is 2.21. The quantitative estimate of drug-likeness (QED) is 0.881. The molecule has 0 radical (unpaired) electrons. The van der Waals surface area contributed by atoms with Gasteiger partial charge in [-0.05, 0) is 30.5 Å². The average Bonchev–Trinajstić information content (AvgIpc) is 2.86. The molecule has 15 heavy (non-hydrogen) atoms. The van der Waals surface area contributed by atoms with Crippen molar-refractivity contribution in [3.63, 3.8) is 0 Å². The van der Waals surface area contributed by atoms with E-state index in [0.29, 0.717) is 5.02 Å². The van der Waals surface area contributed by atoms with Crippen LogP contribution in [0.2, 0.25) is 5.02 Å². The molecule has 0 spiro atoms. The lowest BCUT2D eigenvalue weighted by Crippen LogP contribution is -2.27. The van der Waals surface area contributed by atoms with Crippen molar-refractivity contribution in [2.45, 2.75) is 24.6 Å². The van der Waals surface area contributed by atoms with Crippen molar-refractivity contribution in [2.24, 2.45) is 0 Å². The molecule has 1 N–H and O–H groups in total. The molecule has 1 aromatic rings. The smallest absolute Gasteiger partial charge is 0.212 e. The van der Waals surface area contributed by atoms with Crippen molar-refractivity contribution in [3.8, 4) is 0 Å². The Labute approximate surface area is 94.5 Å². The lowest BCUT2D eigenvalue weighted by molar-refractivity contribution is 0.580. The molecule has 3 nitrogen and oxygen atoms in total. The van der Waals surface area contributed by atoms with Crippen LogP contribution in [0.1, 0.15) is 18.4 Å². The molecule has 1 fully saturated rings. The zero-order chi connectivity index (χ0) is 10.9. The molecule has 5 heteroatoms. The van der Waals surface area contributed by atoms with Crippen LogP contribution in [0, 0.1) is 0 Å². The molecule has 0 saturated heterocycles. The zero-order valence-corrected chi connectivity index (χ0v) is 9.68. The van der Waals surface area contributed by atoms with Gasteiger partial charge in [0.15, 0.2) is 0 Å². The Kier molecular flexibility index (Phi) is 3.00. The van der Waals surface area contributed by atoms with Crippen LogP contribution in [-0.4, -0.2) is 14.5 Å². The van der Waals surface area contributed by atoms with E-state index in [1.165, 1.54) is 0 Å². The highest BCUT2D eigenvalue weighted by molar-refractivity contribution is 7.88. The topological polar surface area (TPSA) is 46.2 Å². The fourth-order valence-electron chi connectivity index (χ4n) is 1.34. The minimum atomic E-state index is -3.20. The second-order valence-corrected chi connectivity index (χ2v) is 5.97. The van der Waals surface area contributed by atoms with Crippen molar-refractivity contribution in [1.82, 2.24) is 4.72 Å². The van der Waals surface area contributed by atoms with E-state index in [2.05, 4.69) is 4.72 Å². The van der Waals surface area contributed by atoms with E-state index < -0.39 is 10.0 Å². The van der Waals surface area contributed by atoms with Crippen molar-refractivity contribution in [2.75, 3.05) is 0 Å². The SMILES string of the molecule is O=S(=O)(Cc1cccc(Cl)c1)NC1CC1. The van der Waals surface area contributed by atoms with Gasteiger partial charge in [-0.25, -0.2) is 13.1 Å². The van der Waals surface area contributed by atoms with Crippen LogP contribution in [0.25, 0.3) is 0 Å². The Hall–Kier alpha value is -0.580. The van der Waals surface area contributed by atoms with Crippen LogP contribution in [0.15, 0.2) is 24.3 Å². The number of rotatable bonds is 4. The summed E-state index contributed by atoms with van der Waals surface area (Å²) >= 11 is 5.78. The van der Waals surface area contributed by atoms with E-state index in [4.69, 9.17) is 11.6 Å². The lowest BCUT2D eigenvalue weighted by atomic mass is 10.2. The van der Waals surface area contributed by atoms with Gasteiger partial charge < -0.3 is 0 Å². The van der Waals surface area contributed by atoms with E-state index in [-0.39, 0.29) is 11.8 Å². The first kappa shape index (κ1) is 10.9. The summed E-state index contributed by atoms with van der Waals surface area (Å²) in [7, 11) is -3.20. The molecule has 82 valence electrons. The van der Waals surface area contributed by atoms with Crippen LogP contribution >= 0.6 is 11.6 Å². The Bertz CT molecular complexity index is 454. The maximum atomic E-state index is 11.6. The zero-order valence-electron chi connectivity index (χ0n) is 8.11. The molecule has 0 aliphatic heterocycles. The molecule has 0 aromatic heterocycles. The summed E-state index contributed by atoms with van der Waals surface area (Å²) < 4.78 is 25.8. The van der Waals surface area contributed by atoms with E-state index in [9.17, 15) is 8.42 Å². The molecular formula is C10H12ClNO2S. The van der Waals surface area contributed by atoms with Gasteiger partial charge >= 0.3 is 0 Å². The first-order chi connectivity index (χ1) is 7.05. The normalized spacial score (nSPS) is 16.6. The van der Waals surface area contributed by atoms with Gasteiger partial charge in [-0.1, -0.05) is 23.7 Å². The summed E-state index contributed by atoms with van der Waals surface area (Å²) in [6.45, 7) is 0. The Morgan fingerprint density at radius 1 is 1.40 bits per heavy atom. The second kappa shape index (κ2) is 4.12. The fourth-order valence-corrected chi connectivity index (χ4v) is 3.00. The summed E-state index contributed by atoms with van der Waals surface area (Å²) in [6.07, 6.45) is 1.91. The van der Waals surface area contributed by atoms with Gasteiger partial charge in [-0.2, -0.15) is 0 Å². The number of hydrogen-bond acceptors (Lipinski definition) is 2. The predicted octanol–water partition coefficient (Wildman–Crippen LogP) is 1.92. The average molecular weight is 246 g/mol. The van der Waals surface area contributed by atoms with Crippen LogP contribution in [0.5, 0.6) is 0 Å². The van der Waals surface area contributed by atoms with Gasteiger partial charge in [0.05, 0.1) is 5.75 Å². The van der Waals surface area contributed by atoms with Crippen molar-refractivity contribution < 1.29 is 8.42 Å². The molecule has 1 aliphatic rings. The monoisotopic (exact) mass is 245 g/mol. The minimum Gasteiger partial charge on any atom is -0.212 e. The summed E-state index contributed by atoms with van der Waals surface area (Å²) in [4.78, 5) is 0. The van der Waals surface area contributed by atoms with Crippen LogP contribution in [-0.2, 0) is 15.8 Å². The Morgan fingerprint density at radius 3 is 2.73 bits per heavy atom. The van der Waals surface area contributed by atoms with Gasteiger partial charge in [0.25, 0.3) is 0 Å². The molecule has 0 bridgehead atoms.